The molecular formula is C9H14N4O4. The molecule has 1 heterocycles. The predicted molar refractivity (Wildman–Crippen MR) is 57.3 cm³/mol. The van der Waals surface area contributed by atoms with Gasteiger partial charge in [-0.3, -0.25) is 4.68 Å². The Balaban J connectivity index is 2.11. The number of nitrogens with zero attached hydrogens (tertiary/aromatic N) is 2. The Labute approximate surface area is 97.2 Å². The first-order chi connectivity index (χ1) is 8.09. The number of aliphatic hydroxyl groups is 1. The molecule has 0 unspecified atom stereocenters. The lowest BCUT2D eigenvalue weighted by molar-refractivity contribution is -0.146. The molecule has 4 N–H and O–H groups in total. The zero-order valence-electron chi connectivity index (χ0n) is 9.04. The molecule has 1 rings (SSSR count). The molecule has 17 heavy (non-hydrogen) atoms. The number of amides is 2. The Bertz CT molecular complexity index is 365. The maximum Gasteiger partial charge on any atom is 0.334 e. The summed E-state index contributed by atoms with van der Waals surface area (Å²) in [6.07, 6.45) is 1.80. The first kappa shape index (κ1) is 13.0. The summed E-state index contributed by atoms with van der Waals surface area (Å²) in [4.78, 5) is 21.4. The standard InChI is InChI=1S/C9H14N4O4/c14-7(8(15)16)6-11-9(17)10-3-5-13-4-1-2-12-13/h1-2,4,7,14H,3,5-6H2,(H,15,16)(H2,10,11,17)/t7-/m0/s1. The number of aliphatic carboxylic acids is 1. The van der Waals surface area contributed by atoms with Gasteiger partial charge in [0.1, 0.15) is 0 Å². The number of nitrogens with one attached hydrogen (secondary N) is 2. The van der Waals surface area contributed by atoms with Crippen LogP contribution in [0.15, 0.2) is 18.5 Å². The highest BCUT2D eigenvalue weighted by molar-refractivity contribution is 5.76. The van der Waals surface area contributed by atoms with Crippen molar-refractivity contribution in [3.63, 3.8) is 0 Å². The lowest BCUT2D eigenvalue weighted by Gasteiger charge is -2.09. The second-order valence-corrected chi connectivity index (χ2v) is 3.26. The molecule has 0 spiro atoms. The number of hydrogen-bond donors (Lipinski definition) is 4. The van der Waals surface area contributed by atoms with Gasteiger partial charge in [0, 0.05) is 18.9 Å². The van der Waals surface area contributed by atoms with E-state index < -0.39 is 18.1 Å². The minimum absolute atomic E-state index is 0.330. The van der Waals surface area contributed by atoms with E-state index in [1.54, 1.807) is 23.1 Å². The molecule has 1 aromatic rings. The van der Waals surface area contributed by atoms with Crippen molar-refractivity contribution >= 4 is 12.0 Å². The van der Waals surface area contributed by atoms with E-state index in [1.807, 2.05) is 0 Å². The Morgan fingerprint density at radius 2 is 2.18 bits per heavy atom. The van der Waals surface area contributed by atoms with Gasteiger partial charge in [-0.2, -0.15) is 5.10 Å². The molecule has 2 amide bonds. The van der Waals surface area contributed by atoms with Crippen molar-refractivity contribution in [1.29, 1.82) is 0 Å². The highest BCUT2D eigenvalue weighted by atomic mass is 16.4. The number of carbonyl (C=O) groups is 2. The van der Waals surface area contributed by atoms with E-state index in [0.717, 1.165) is 0 Å². The van der Waals surface area contributed by atoms with E-state index >= 15 is 0 Å². The van der Waals surface area contributed by atoms with Crippen molar-refractivity contribution in [3.8, 4) is 0 Å². The van der Waals surface area contributed by atoms with Gasteiger partial charge in [0.05, 0.1) is 13.1 Å². The maximum absolute atomic E-state index is 11.1. The summed E-state index contributed by atoms with van der Waals surface area (Å²) < 4.78 is 1.65. The van der Waals surface area contributed by atoms with Gasteiger partial charge in [0.25, 0.3) is 0 Å². The Hall–Kier alpha value is -2.09. The van der Waals surface area contributed by atoms with Gasteiger partial charge in [-0.25, -0.2) is 9.59 Å². The highest BCUT2D eigenvalue weighted by Crippen LogP contribution is 1.83. The van der Waals surface area contributed by atoms with Crippen molar-refractivity contribution in [3.05, 3.63) is 18.5 Å². The quantitative estimate of drug-likeness (QED) is 0.491. The Kier molecular flexibility index (Phi) is 4.95. The van der Waals surface area contributed by atoms with Crippen LogP contribution >= 0.6 is 0 Å². The third-order valence-corrected chi connectivity index (χ3v) is 1.93. The van der Waals surface area contributed by atoms with Crippen LogP contribution in [-0.2, 0) is 11.3 Å². The average Bonchev–Trinajstić information content (AvgIpc) is 2.78. The van der Waals surface area contributed by atoms with Gasteiger partial charge >= 0.3 is 12.0 Å². The summed E-state index contributed by atoms with van der Waals surface area (Å²) in [6, 6.07) is 1.24. The van der Waals surface area contributed by atoms with Gasteiger partial charge in [-0.05, 0) is 6.07 Å². The molecule has 0 aliphatic heterocycles. The van der Waals surface area contributed by atoms with Crippen LogP contribution in [0, 0.1) is 0 Å². The number of carboxylic acid groups (broad SMARTS) is 1. The Morgan fingerprint density at radius 1 is 1.41 bits per heavy atom. The lowest BCUT2D eigenvalue weighted by atomic mass is 10.4. The molecule has 0 aliphatic carbocycles. The minimum atomic E-state index is -1.59. The van der Waals surface area contributed by atoms with Crippen molar-refractivity contribution < 1.29 is 19.8 Å². The van der Waals surface area contributed by atoms with E-state index in [2.05, 4.69) is 15.7 Å². The van der Waals surface area contributed by atoms with Crippen LogP contribution in [0.4, 0.5) is 4.79 Å². The van der Waals surface area contributed by atoms with E-state index in [-0.39, 0.29) is 6.54 Å². The number of aliphatic hydroxyl groups excluding tert-OH is 1. The SMILES string of the molecule is O=C(NCCn1cccn1)NC[C@H](O)C(=O)O. The zero-order valence-corrected chi connectivity index (χ0v) is 9.04. The molecule has 8 nitrogen and oxygen atoms in total. The van der Waals surface area contributed by atoms with Crippen molar-refractivity contribution in [2.24, 2.45) is 0 Å². The molecule has 0 aliphatic rings. The predicted octanol–water partition coefficient (Wildman–Crippen LogP) is -1.37. The van der Waals surface area contributed by atoms with Crippen molar-refractivity contribution in [2.75, 3.05) is 13.1 Å². The number of hydrogen-bond acceptors (Lipinski definition) is 4. The van der Waals surface area contributed by atoms with Crippen LogP contribution in [0.2, 0.25) is 0 Å². The summed E-state index contributed by atoms with van der Waals surface area (Å²) in [5.74, 6) is -1.37. The van der Waals surface area contributed by atoms with Crippen LogP contribution in [-0.4, -0.2) is 51.2 Å². The van der Waals surface area contributed by atoms with Crippen LogP contribution in [0.5, 0.6) is 0 Å². The third-order valence-electron chi connectivity index (χ3n) is 1.93. The average molecular weight is 242 g/mol. The fraction of sp³-hybridized carbons (Fsp3) is 0.444. The first-order valence-electron chi connectivity index (χ1n) is 4.99. The smallest absolute Gasteiger partial charge is 0.334 e. The minimum Gasteiger partial charge on any atom is -0.479 e. The molecule has 8 heteroatoms. The second-order valence-electron chi connectivity index (χ2n) is 3.26. The van der Waals surface area contributed by atoms with Gasteiger partial charge in [-0.1, -0.05) is 0 Å². The van der Waals surface area contributed by atoms with Crippen molar-refractivity contribution in [2.45, 2.75) is 12.6 Å². The van der Waals surface area contributed by atoms with Crippen LogP contribution in [0.1, 0.15) is 0 Å². The Morgan fingerprint density at radius 3 is 2.76 bits per heavy atom. The number of urea groups is 1. The summed E-state index contributed by atoms with van der Waals surface area (Å²) in [5, 5.41) is 25.9. The zero-order chi connectivity index (χ0) is 12.7. The maximum atomic E-state index is 11.1. The second kappa shape index (κ2) is 6.48. The number of carbonyl (C=O) groups excluding carboxylic acids is 1. The summed E-state index contributed by atoms with van der Waals surface area (Å²) in [5.41, 5.74) is 0. The fourth-order valence-corrected chi connectivity index (χ4v) is 1.06. The molecule has 0 radical (unpaired) electrons. The molecule has 0 aromatic carbocycles. The van der Waals surface area contributed by atoms with Gasteiger partial charge in [-0.15, -0.1) is 0 Å². The number of rotatable bonds is 6. The van der Waals surface area contributed by atoms with Crippen LogP contribution in [0.25, 0.3) is 0 Å². The molecular weight excluding hydrogens is 228 g/mol. The summed E-state index contributed by atoms with van der Waals surface area (Å²) in [6.45, 7) is 0.543. The van der Waals surface area contributed by atoms with Gasteiger partial charge in [0.2, 0.25) is 0 Å². The topological polar surface area (TPSA) is 116 Å². The highest BCUT2D eigenvalue weighted by Gasteiger charge is 2.13. The molecule has 1 atom stereocenters. The molecule has 0 saturated heterocycles. The largest absolute Gasteiger partial charge is 0.479 e. The van der Waals surface area contributed by atoms with E-state index in [4.69, 9.17) is 10.2 Å². The molecule has 94 valence electrons. The first-order valence-corrected chi connectivity index (χ1v) is 4.99. The van der Waals surface area contributed by atoms with E-state index in [1.165, 1.54) is 0 Å². The van der Waals surface area contributed by atoms with E-state index in [0.29, 0.717) is 13.1 Å². The molecule has 0 fully saturated rings. The van der Waals surface area contributed by atoms with Crippen LogP contribution < -0.4 is 10.6 Å². The lowest BCUT2D eigenvalue weighted by Crippen LogP contribution is -2.42. The normalized spacial score (nSPS) is 11.8. The monoisotopic (exact) mass is 242 g/mol. The summed E-state index contributed by atoms with van der Waals surface area (Å²) >= 11 is 0. The molecule has 0 bridgehead atoms. The van der Waals surface area contributed by atoms with Crippen LogP contribution in [0.3, 0.4) is 0 Å². The third kappa shape index (κ3) is 4.98. The summed E-state index contributed by atoms with van der Waals surface area (Å²) in [7, 11) is 0. The molecule has 0 saturated carbocycles. The van der Waals surface area contributed by atoms with Gasteiger partial charge < -0.3 is 20.8 Å². The number of aromatic nitrogens is 2. The fourth-order valence-electron chi connectivity index (χ4n) is 1.06. The molecule has 1 aromatic heterocycles. The van der Waals surface area contributed by atoms with E-state index in [9.17, 15) is 9.59 Å². The van der Waals surface area contributed by atoms with Gasteiger partial charge in [0.15, 0.2) is 6.10 Å². The number of carboxylic acids is 1. The van der Waals surface area contributed by atoms with Crippen molar-refractivity contribution in [1.82, 2.24) is 20.4 Å².